The van der Waals surface area contributed by atoms with Gasteiger partial charge >= 0.3 is 5.97 Å². The maximum Gasteiger partial charge on any atom is 0.338 e. The maximum atomic E-state index is 12.3. The lowest BCUT2D eigenvalue weighted by atomic mass is 10.1. The van der Waals surface area contributed by atoms with Crippen LogP contribution in [0, 0.1) is 0 Å². The van der Waals surface area contributed by atoms with E-state index in [9.17, 15) is 14.4 Å². The van der Waals surface area contributed by atoms with Crippen LogP contribution in [0.25, 0.3) is 0 Å². The van der Waals surface area contributed by atoms with E-state index in [-0.39, 0.29) is 18.5 Å². The van der Waals surface area contributed by atoms with Gasteiger partial charge in [-0.05, 0) is 37.3 Å². The summed E-state index contributed by atoms with van der Waals surface area (Å²) in [5.41, 5.74) is 1.84. The van der Waals surface area contributed by atoms with E-state index in [1.54, 1.807) is 55.5 Å². The Morgan fingerprint density at radius 3 is 2.33 bits per heavy atom. The minimum absolute atomic E-state index is 0.0264. The Hall–Kier alpha value is -3.15. The molecule has 1 heterocycles. The second-order valence-corrected chi connectivity index (χ2v) is 5.22. The Morgan fingerprint density at radius 1 is 1.04 bits per heavy atom. The van der Waals surface area contributed by atoms with Crippen molar-refractivity contribution >= 4 is 23.5 Å². The van der Waals surface area contributed by atoms with Gasteiger partial charge in [0.1, 0.15) is 0 Å². The van der Waals surface area contributed by atoms with Gasteiger partial charge in [-0.1, -0.05) is 18.2 Å². The van der Waals surface area contributed by atoms with E-state index < -0.39 is 5.97 Å². The third-order valence-corrected chi connectivity index (χ3v) is 3.69. The Kier molecular flexibility index (Phi) is 4.29. The summed E-state index contributed by atoms with van der Waals surface area (Å²) in [6, 6.07) is 13.4. The molecule has 6 nitrogen and oxygen atoms in total. The highest BCUT2D eigenvalue weighted by Crippen LogP contribution is 2.22. The first-order valence-corrected chi connectivity index (χ1v) is 7.58. The molecule has 122 valence electrons. The first-order chi connectivity index (χ1) is 11.6. The fourth-order valence-electron chi connectivity index (χ4n) is 2.52. The highest BCUT2D eigenvalue weighted by atomic mass is 16.5. The molecule has 0 saturated carbocycles. The monoisotopic (exact) mass is 324 g/mol. The molecule has 0 fully saturated rings. The average Bonchev–Trinajstić information content (AvgIpc) is 2.85. The predicted molar refractivity (Wildman–Crippen MR) is 87.8 cm³/mol. The third-order valence-electron chi connectivity index (χ3n) is 3.69. The lowest BCUT2D eigenvalue weighted by molar-refractivity contribution is 0.0525. The van der Waals surface area contributed by atoms with E-state index >= 15 is 0 Å². The number of fused-ring (bicyclic) bond motifs is 1. The molecule has 2 aromatic carbocycles. The zero-order valence-electron chi connectivity index (χ0n) is 13.1. The fourth-order valence-corrected chi connectivity index (χ4v) is 2.52. The van der Waals surface area contributed by atoms with Crippen molar-refractivity contribution in [2.75, 3.05) is 18.6 Å². The van der Waals surface area contributed by atoms with E-state index in [1.807, 2.05) is 0 Å². The first kappa shape index (κ1) is 15.7. The minimum Gasteiger partial charge on any atom is -0.462 e. The number of ether oxygens (including phenoxy) is 1. The summed E-state index contributed by atoms with van der Waals surface area (Å²) in [6.07, 6.45) is 0. The van der Waals surface area contributed by atoms with Gasteiger partial charge in [-0.2, -0.15) is 0 Å². The number of hydrogen-bond donors (Lipinski definition) is 1. The van der Waals surface area contributed by atoms with E-state index in [1.165, 1.54) is 0 Å². The zero-order chi connectivity index (χ0) is 17.1. The molecule has 6 heteroatoms. The molecule has 0 aromatic heterocycles. The van der Waals surface area contributed by atoms with Crippen molar-refractivity contribution in [1.82, 2.24) is 4.90 Å². The second-order valence-electron chi connectivity index (χ2n) is 5.22. The molecular weight excluding hydrogens is 308 g/mol. The van der Waals surface area contributed by atoms with Gasteiger partial charge in [0.05, 0.1) is 30.0 Å². The number of carbonyl (C=O) groups excluding carboxylic acids is 3. The summed E-state index contributed by atoms with van der Waals surface area (Å²) in [6.45, 7) is 2.06. The second kappa shape index (κ2) is 6.54. The fraction of sp³-hybridized carbons (Fsp3) is 0.167. The molecule has 24 heavy (non-hydrogen) atoms. The van der Waals surface area contributed by atoms with E-state index in [4.69, 9.17) is 4.74 Å². The normalized spacial score (nSPS) is 13.0. The molecule has 0 aliphatic carbocycles. The van der Waals surface area contributed by atoms with Gasteiger partial charge in [0, 0.05) is 5.69 Å². The molecule has 0 spiro atoms. The van der Waals surface area contributed by atoms with Gasteiger partial charge in [-0.25, -0.2) is 4.79 Å². The van der Waals surface area contributed by atoms with E-state index in [0.717, 1.165) is 4.90 Å². The number of carbonyl (C=O) groups is 3. The Labute approximate surface area is 139 Å². The van der Waals surface area contributed by atoms with Crippen LogP contribution in [0.4, 0.5) is 5.69 Å². The van der Waals surface area contributed by atoms with Crippen LogP contribution in [0.5, 0.6) is 0 Å². The number of nitrogens with zero attached hydrogens (tertiary/aromatic N) is 1. The van der Waals surface area contributed by atoms with Gasteiger partial charge in [0.2, 0.25) is 0 Å². The van der Waals surface area contributed by atoms with Crippen molar-refractivity contribution in [2.45, 2.75) is 6.92 Å². The minimum atomic E-state index is -0.415. The molecular formula is C18H16N2O4. The van der Waals surface area contributed by atoms with Crippen LogP contribution in [-0.2, 0) is 4.74 Å². The maximum absolute atomic E-state index is 12.3. The Bertz CT molecular complexity index is 781. The summed E-state index contributed by atoms with van der Waals surface area (Å²) in [5, 5.41) is 3.00. The summed E-state index contributed by atoms with van der Waals surface area (Å²) >= 11 is 0. The number of rotatable bonds is 5. The molecule has 1 aliphatic rings. The smallest absolute Gasteiger partial charge is 0.338 e. The number of benzene rings is 2. The Morgan fingerprint density at radius 2 is 1.71 bits per heavy atom. The lowest BCUT2D eigenvalue weighted by Crippen LogP contribution is -2.34. The van der Waals surface area contributed by atoms with Gasteiger partial charge in [0.25, 0.3) is 11.8 Å². The van der Waals surface area contributed by atoms with Crippen LogP contribution in [0.2, 0.25) is 0 Å². The molecule has 0 bridgehead atoms. The number of amides is 2. The van der Waals surface area contributed by atoms with Gasteiger partial charge in [-0.15, -0.1) is 0 Å². The third kappa shape index (κ3) is 2.86. The van der Waals surface area contributed by atoms with Gasteiger partial charge in [0.15, 0.2) is 0 Å². The largest absolute Gasteiger partial charge is 0.462 e. The van der Waals surface area contributed by atoms with Crippen LogP contribution in [0.1, 0.15) is 38.0 Å². The quantitative estimate of drug-likeness (QED) is 0.675. The van der Waals surface area contributed by atoms with Crippen molar-refractivity contribution in [1.29, 1.82) is 0 Å². The van der Waals surface area contributed by atoms with Gasteiger partial charge < -0.3 is 10.1 Å². The van der Waals surface area contributed by atoms with Crippen molar-refractivity contribution in [3.63, 3.8) is 0 Å². The predicted octanol–water partition coefficient (Wildman–Crippen LogP) is 2.53. The van der Waals surface area contributed by atoms with Crippen molar-refractivity contribution in [3.8, 4) is 0 Å². The van der Waals surface area contributed by atoms with Crippen LogP contribution >= 0.6 is 0 Å². The summed E-state index contributed by atoms with van der Waals surface area (Å²) in [7, 11) is 0. The molecule has 0 atom stereocenters. The molecule has 0 saturated heterocycles. The van der Waals surface area contributed by atoms with Crippen LogP contribution in [0.3, 0.4) is 0 Å². The zero-order valence-corrected chi connectivity index (χ0v) is 13.1. The number of hydrogen-bond acceptors (Lipinski definition) is 5. The topological polar surface area (TPSA) is 75.7 Å². The van der Waals surface area contributed by atoms with Crippen molar-refractivity contribution in [2.24, 2.45) is 0 Å². The molecule has 2 aromatic rings. The van der Waals surface area contributed by atoms with Gasteiger partial charge in [-0.3, -0.25) is 14.5 Å². The molecule has 3 rings (SSSR count). The number of anilines is 1. The summed E-state index contributed by atoms with van der Waals surface area (Å²) < 4.78 is 4.95. The average molecular weight is 324 g/mol. The Balaban J connectivity index is 1.71. The summed E-state index contributed by atoms with van der Waals surface area (Å²) in [4.78, 5) is 37.4. The standard InChI is InChI=1S/C18H16N2O4/c1-2-24-18(23)12-6-5-7-13(10-12)19-11-20-16(21)14-8-3-4-9-15(14)17(20)22/h3-10,19H,2,11H2,1H3. The van der Waals surface area contributed by atoms with E-state index in [2.05, 4.69) is 5.32 Å². The molecule has 1 aliphatic heterocycles. The molecule has 0 radical (unpaired) electrons. The van der Waals surface area contributed by atoms with Crippen molar-refractivity contribution in [3.05, 3.63) is 65.2 Å². The highest BCUT2D eigenvalue weighted by molar-refractivity contribution is 6.21. The van der Waals surface area contributed by atoms with Crippen LogP contribution < -0.4 is 5.32 Å². The molecule has 0 unspecified atom stereocenters. The number of imide groups is 1. The van der Waals surface area contributed by atoms with Crippen LogP contribution in [0.15, 0.2) is 48.5 Å². The highest BCUT2D eigenvalue weighted by Gasteiger charge is 2.34. The van der Waals surface area contributed by atoms with Crippen LogP contribution in [-0.4, -0.2) is 36.0 Å². The SMILES string of the molecule is CCOC(=O)c1cccc(NCN2C(=O)c3ccccc3C2=O)c1. The number of nitrogens with one attached hydrogen (secondary N) is 1. The molecule has 1 N–H and O–H groups in total. The molecule has 2 amide bonds. The number of esters is 1. The first-order valence-electron chi connectivity index (χ1n) is 7.58. The summed E-state index contributed by atoms with van der Waals surface area (Å²) in [5.74, 6) is -1.07. The van der Waals surface area contributed by atoms with Crippen molar-refractivity contribution < 1.29 is 19.1 Å². The van der Waals surface area contributed by atoms with E-state index in [0.29, 0.717) is 29.0 Å². The lowest BCUT2D eigenvalue weighted by Gasteiger charge is -2.16.